The van der Waals surface area contributed by atoms with E-state index in [0.717, 1.165) is 17.8 Å². The molecule has 0 aliphatic heterocycles. The Labute approximate surface area is 115 Å². The largest absolute Gasteiger partial charge is 0.351 e. The van der Waals surface area contributed by atoms with Crippen LogP contribution in [-0.4, -0.2) is 16.5 Å². The number of rotatable bonds is 5. The van der Waals surface area contributed by atoms with Gasteiger partial charge in [-0.15, -0.1) is 6.58 Å². The molecule has 2 rings (SSSR count). The van der Waals surface area contributed by atoms with Gasteiger partial charge >= 0.3 is 0 Å². The molecule has 2 aromatic rings. The quantitative estimate of drug-likeness (QED) is 0.822. The average Bonchev–Trinajstić information content (AvgIpc) is 2.40. The first-order valence-corrected chi connectivity index (χ1v) is 6.01. The average molecular weight is 276 g/mol. The van der Waals surface area contributed by atoms with Gasteiger partial charge in [0.05, 0.1) is 0 Å². The summed E-state index contributed by atoms with van der Waals surface area (Å²) in [5.74, 6) is -0.862. The minimum Gasteiger partial charge on any atom is -0.351 e. The number of hydrogen-bond acceptors (Lipinski definition) is 4. The fourth-order valence-electron chi connectivity index (χ4n) is 1.60. The second-order valence-electron chi connectivity index (χ2n) is 4.14. The molecule has 104 valence electrons. The van der Waals surface area contributed by atoms with Gasteiger partial charge in [0.15, 0.2) is 11.6 Å². The van der Waals surface area contributed by atoms with Crippen LogP contribution in [-0.2, 0) is 0 Å². The minimum atomic E-state index is -0.911. The van der Waals surface area contributed by atoms with Crippen LogP contribution in [0.5, 0.6) is 0 Å². The number of nitrogens with zero attached hydrogens (tertiary/aromatic N) is 2. The maximum absolute atomic E-state index is 13.1. The van der Waals surface area contributed by atoms with E-state index in [1.165, 1.54) is 6.07 Å². The molecule has 0 fully saturated rings. The van der Waals surface area contributed by atoms with E-state index in [4.69, 9.17) is 0 Å². The third-order valence-electron chi connectivity index (χ3n) is 2.45. The Balaban J connectivity index is 2.21. The zero-order chi connectivity index (χ0) is 14.5. The molecule has 0 amide bonds. The molecule has 0 aliphatic rings. The molecule has 0 aliphatic carbocycles. The van der Waals surface area contributed by atoms with Crippen LogP contribution in [0.4, 0.5) is 26.2 Å². The van der Waals surface area contributed by atoms with Crippen molar-refractivity contribution < 1.29 is 8.78 Å². The molecule has 1 heterocycles. The highest BCUT2D eigenvalue weighted by molar-refractivity contribution is 5.57. The van der Waals surface area contributed by atoms with E-state index in [1.807, 2.05) is 6.92 Å². The van der Waals surface area contributed by atoms with Crippen molar-refractivity contribution in [1.29, 1.82) is 0 Å². The Kier molecular flexibility index (Phi) is 4.24. The highest BCUT2D eigenvalue weighted by Gasteiger charge is 2.05. The first-order valence-electron chi connectivity index (χ1n) is 6.01. The lowest BCUT2D eigenvalue weighted by atomic mass is 10.3. The molecule has 1 aromatic heterocycles. The predicted molar refractivity (Wildman–Crippen MR) is 75.1 cm³/mol. The summed E-state index contributed by atoms with van der Waals surface area (Å²) < 4.78 is 26.0. The molecule has 1 aromatic carbocycles. The zero-order valence-electron chi connectivity index (χ0n) is 11.0. The molecule has 20 heavy (non-hydrogen) atoms. The zero-order valence-corrected chi connectivity index (χ0v) is 11.0. The maximum Gasteiger partial charge on any atom is 0.225 e. The van der Waals surface area contributed by atoms with Gasteiger partial charge < -0.3 is 10.6 Å². The summed E-state index contributed by atoms with van der Waals surface area (Å²) in [5.41, 5.74) is 1.16. The van der Waals surface area contributed by atoms with E-state index >= 15 is 0 Å². The van der Waals surface area contributed by atoms with Crippen molar-refractivity contribution in [2.75, 3.05) is 17.2 Å². The van der Waals surface area contributed by atoms with Gasteiger partial charge in [-0.25, -0.2) is 13.8 Å². The van der Waals surface area contributed by atoms with E-state index in [9.17, 15) is 8.78 Å². The third-order valence-corrected chi connectivity index (χ3v) is 2.45. The van der Waals surface area contributed by atoms with Crippen LogP contribution < -0.4 is 10.6 Å². The SMILES string of the molecule is C=CCNc1nc(C)cc(Nc2ccc(F)c(F)c2)n1. The number of hydrogen-bond donors (Lipinski definition) is 2. The minimum absolute atomic E-state index is 0.414. The molecule has 0 saturated heterocycles. The van der Waals surface area contributed by atoms with Gasteiger partial charge in [-0.05, 0) is 19.1 Å². The molecule has 4 nitrogen and oxygen atoms in total. The van der Waals surface area contributed by atoms with Gasteiger partial charge in [-0.1, -0.05) is 6.08 Å². The number of aryl methyl sites for hydroxylation is 1. The molecule has 0 bridgehead atoms. The van der Waals surface area contributed by atoms with Crippen molar-refractivity contribution in [3.05, 3.63) is 54.2 Å². The first kappa shape index (κ1) is 13.9. The second-order valence-corrected chi connectivity index (χ2v) is 4.14. The van der Waals surface area contributed by atoms with Crippen molar-refractivity contribution in [2.45, 2.75) is 6.92 Å². The van der Waals surface area contributed by atoms with E-state index in [0.29, 0.717) is 24.0 Å². The molecular weight excluding hydrogens is 262 g/mol. The highest BCUT2D eigenvalue weighted by Crippen LogP contribution is 2.19. The molecule has 0 spiro atoms. The molecule has 2 N–H and O–H groups in total. The Morgan fingerprint density at radius 3 is 2.70 bits per heavy atom. The number of anilines is 3. The van der Waals surface area contributed by atoms with Crippen molar-refractivity contribution in [3.8, 4) is 0 Å². The standard InChI is InChI=1S/C14H14F2N4/c1-3-6-17-14-18-9(2)7-13(20-14)19-10-4-5-11(15)12(16)8-10/h3-5,7-8H,1,6H2,2H3,(H2,17,18,19,20). The summed E-state index contributed by atoms with van der Waals surface area (Å²) in [5, 5.41) is 5.87. The van der Waals surface area contributed by atoms with Crippen LogP contribution in [0.3, 0.4) is 0 Å². The summed E-state index contributed by atoms with van der Waals surface area (Å²) in [6.07, 6.45) is 1.69. The Morgan fingerprint density at radius 1 is 1.20 bits per heavy atom. The van der Waals surface area contributed by atoms with Crippen molar-refractivity contribution in [2.24, 2.45) is 0 Å². The summed E-state index contributed by atoms with van der Waals surface area (Å²) in [6, 6.07) is 5.28. The monoisotopic (exact) mass is 276 g/mol. The van der Waals surface area contributed by atoms with E-state index in [1.54, 1.807) is 12.1 Å². The van der Waals surface area contributed by atoms with Crippen LogP contribution in [0, 0.1) is 18.6 Å². The Hall–Kier alpha value is -2.50. The number of aromatic nitrogens is 2. The van der Waals surface area contributed by atoms with Gasteiger partial charge in [-0.3, -0.25) is 0 Å². The number of benzene rings is 1. The van der Waals surface area contributed by atoms with Gasteiger partial charge in [0.1, 0.15) is 5.82 Å². The number of halogens is 2. The third kappa shape index (κ3) is 3.50. The fraction of sp³-hybridized carbons (Fsp3) is 0.143. The van der Waals surface area contributed by atoms with Gasteiger partial charge in [0.2, 0.25) is 5.95 Å². The van der Waals surface area contributed by atoms with E-state index in [-0.39, 0.29) is 0 Å². The van der Waals surface area contributed by atoms with Crippen molar-refractivity contribution in [1.82, 2.24) is 9.97 Å². The first-order chi connectivity index (χ1) is 9.58. The van der Waals surface area contributed by atoms with Crippen molar-refractivity contribution >= 4 is 17.5 Å². The van der Waals surface area contributed by atoms with Crippen molar-refractivity contribution in [3.63, 3.8) is 0 Å². The molecular formula is C14H14F2N4. The van der Waals surface area contributed by atoms with E-state index < -0.39 is 11.6 Å². The fourth-order valence-corrected chi connectivity index (χ4v) is 1.60. The normalized spacial score (nSPS) is 10.2. The molecule has 0 saturated carbocycles. The lowest BCUT2D eigenvalue weighted by molar-refractivity contribution is 0.509. The van der Waals surface area contributed by atoms with Crippen LogP contribution in [0.25, 0.3) is 0 Å². The highest BCUT2D eigenvalue weighted by atomic mass is 19.2. The van der Waals surface area contributed by atoms with E-state index in [2.05, 4.69) is 27.2 Å². The summed E-state index contributed by atoms with van der Waals surface area (Å²) in [4.78, 5) is 8.42. The maximum atomic E-state index is 13.1. The molecule has 0 atom stereocenters. The Morgan fingerprint density at radius 2 is 2.00 bits per heavy atom. The summed E-state index contributed by atoms with van der Waals surface area (Å²) in [7, 11) is 0. The Bertz CT molecular complexity index is 629. The van der Waals surface area contributed by atoms with Gasteiger partial charge in [-0.2, -0.15) is 4.98 Å². The summed E-state index contributed by atoms with van der Waals surface area (Å²) >= 11 is 0. The van der Waals surface area contributed by atoms with Gasteiger partial charge in [0.25, 0.3) is 0 Å². The predicted octanol–water partition coefficient (Wildman–Crippen LogP) is 3.40. The second kappa shape index (κ2) is 6.10. The van der Waals surface area contributed by atoms with Gasteiger partial charge in [0, 0.05) is 30.1 Å². The molecule has 6 heteroatoms. The van der Waals surface area contributed by atoms with Crippen LogP contribution >= 0.6 is 0 Å². The molecule has 0 unspecified atom stereocenters. The number of nitrogens with one attached hydrogen (secondary N) is 2. The lowest BCUT2D eigenvalue weighted by Crippen LogP contribution is -2.06. The lowest BCUT2D eigenvalue weighted by Gasteiger charge is -2.09. The summed E-state index contributed by atoms with van der Waals surface area (Å²) in [6.45, 7) is 5.95. The topological polar surface area (TPSA) is 49.8 Å². The smallest absolute Gasteiger partial charge is 0.225 e. The molecule has 0 radical (unpaired) electrons. The van der Waals surface area contributed by atoms with Crippen LogP contribution in [0.1, 0.15) is 5.69 Å². The van der Waals surface area contributed by atoms with Crippen LogP contribution in [0.2, 0.25) is 0 Å². The van der Waals surface area contributed by atoms with Crippen LogP contribution in [0.15, 0.2) is 36.9 Å².